The van der Waals surface area contributed by atoms with Gasteiger partial charge in [-0.15, -0.1) is 0 Å². The molecule has 0 spiro atoms. The van der Waals surface area contributed by atoms with Crippen molar-refractivity contribution in [3.63, 3.8) is 0 Å². The summed E-state index contributed by atoms with van der Waals surface area (Å²) in [6.07, 6.45) is -2.21. The van der Waals surface area contributed by atoms with Crippen LogP contribution in [-0.2, 0) is 29.3 Å². The largest absolute Gasteiger partial charge is 0.416 e. The molecule has 0 atom stereocenters. The Morgan fingerprint density at radius 2 is 2.00 bits per heavy atom. The van der Waals surface area contributed by atoms with E-state index in [1.54, 1.807) is 18.4 Å². The number of carbonyl (C=O) groups excluding carboxylic acids is 2. The highest BCUT2D eigenvalue weighted by atomic mass is 19.4. The van der Waals surface area contributed by atoms with Crippen LogP contribution in [0.15, 0.2) is 47.2 Å². The molecular formula is C24H19F3N2O4. The van der Waals surface area contributed by atoms with Gasteiger partial charge in [-0.1, -0.05) is 17.3 Å². The van der Waals surface area contributed by atoms with E-state index in [-0.39, 0.29) is 28.7 Å². The van der Waals surface area contributed by atoms with Crippen molar-refractivity contribution >= 4 is 17.9 Å². The number of halogens is 3. The lowest BCUT2D eigenvalue weighted by molar-refractivity contribution is -0.138. The lowest BCUT2D eigenvalue weighted by atomic mass is 9.74. The van der Waals surface area contributed by atoms with Crippen molar-refractivity contribution in [3.05, 3.63) is 81.7 Å². The Bertz CT molecular complexity index is 1260. The number of hydrogen-bond acceptors (Lipinski definition) is 5. The first-order chi connectivity index (χ1) is 15.7. The molecule has 3 aromatic rings. The van der Waals surface area contributed by atoms with Crippen LogP contribution in [0.5, 0.6) is 0 Å². The van der Waals surface area contributed by atoms with Gasteiger partial charge in [0.05, 0.1) is 31.0 Å². The van der Waals surface area contributed by atoms with Gasteiger partial charge in [0.1, 0.15) is 12.5 Å². The monoisotopic (exact) mass is 456 g/mol. The number of aryl methyl sites for hydroxylation is 1. The number of alkyl halides is 3. The van der Waals surface area contributed by atoms with Gasteiger partial charge < -0.3 is 14.2 Å². The highest BCUT2D eigenvalue weighted by Crippen LogP contribution is 2.41. The van der Waals surface area contributed by atoms with Gasteiger partial charge in [-0.3, -0.25) is 9.59 Å². The molecule has 0 saturated carbocycles. The molecule has 5 rings (SSSR count). The van der Waals surface area contributed by atoms with Gasteiger partial charge in [0.2, 0.25) is 0 Å². The molecule has 2 aromatic carbocycles. The van der Waals surface area contributed by atoms with Crippen LogP contribution in [-0.4, -0.2) is 30.6 Å². The lowest BCUT2D eigenvalue weighted by Crippen LogP contribution is -2.48. The Morgan fingerprint density at radius 3 is 2.61 bits per heavy atom. The molecule has 3 heterocycles. The summed E-state index contributed by atoms with van der Waals surface area (Å²) < 4.78 is 51.4. The number of aromatic nitrogens is 1. The molecule has 0 unspecified atom stereocenters. The molecule has 9 heteroatoms. The van der Waals surface area contributed by atoms with Crippen LogP contribution in [0, 0.1) is 6.92 Å². The fourth-order valence-electron chi connectivity index (χ4n) is 4.48. The number of nitrogens with zero attached hydrogens (tertiary/aromatic N) is 2. The third kappa shape index (κ3) is 3.52. The van der Waals surface area contributed by atoms with Crippen molar-refractivity contribution < 1.29 is 32.0 Å². The van der Waals surface area contributed by atoms with Crippen molar-refractivity contribution in [2.75, 3.05) is 18.1 Å². The molecule has 2 aliphatic heterocycles. The van der Waals surface area contributed by atoms with Crippen molar-refractivity contribution in [3.8, 4) is 0 Å². The van der Waals surface area contributed by atoms with Gasteiger partial charge >= 0.3 is 6.18 Å². The van der Waals surface area contributed by atoms with E-state index in [1.165, 1.54) is 11.0 Å². The molecule has 1 fully saturated rings. The van der Waals surface area contributed by atoms with Crippen LogP contribution < -0.4 is 4.90 Å². The zero-order valence-electron chi connectivity index (χ0n) is 17.6. The fraction of sp³-hybridized carbons (Fsp3) is 0.292. The van der Waals surface area contributed by atoms with Crippen LogP contribution in [0.2, 0.25) is 0 Å². The maximum Gasteiger partial charge on any atom is 0.416 e. The second-order valence-electron chi connectivity index (χ2n) is 8.55. The predicted octanol–water partition coefficient (Wildman–Crippen LogP) is 4.49. The summed E-state index contributed by atoms with van der Waals surface area (Å²) in [5.41, 5.74) is 1.39. The molecule has 6 nitrogen and oxygen atoms in total. The van der Waals surface area contributed by atoms with Crippen molar-refractivity contribution in [1.29, 1.82) is 0 Å². The first-order valence-corrected chi connectivity index (χ1v) is 10.3. The summed E-state index contributed by atoms with van der Waals surface area (Å²) >= 11 is 0. The van der Waals surface area contributed by atoms with Crippen LogP contribution in [0.1, 0.15) is 48.7 Å². The minimum Gasteiger partial charge on any atom is -0.379 e. The number of anilines is 1. The maximum atomic E-state index is 13.6. The topological polar surface area (TPSA) is 72.6 Å². The van der Waals surface area contributed by atoms with Crippen molar-refractivity contribution in [1.82, 2.24) is 5.16 Å². The molecule has 2 aliphatic rings. The van der Waals surface area contributed by atoms with E-state index in [0.29, 0.717) is 31.6 Å². The summed E-state index contributed by atoms with van der Waals surface area (Å²) in [6.45, 7) is 2.59. The number of hydrogen-bond donors (Lipinski definition) is 0. The molecule has 1 amide bonds. The first-order valence-electron chi connectivity index (χ1n) is 10.3. The number of rotatable bonds is 5. The summed E-state index contributed by atoms with van der Waals surface area (Å²) in [5, 5.41) is 4.07. The van der Waals surface area contributed by atoms with Gasteiger partial charge in [-0.25, -0.2) is 0 Å². The summed E-state index contributed by atoms with van der Waals surface area (Å²) in [5.74, 6) is -0.567. The van der Waals surface area contributed by atoms with E-state index < -0.39 is 17.6 Å². The zero-order chi connectivity index (χ0) is 23.4. The molecule has 33 heavy (non-hydrogen) atoms. The van der Waals surface area contributed by atoms with Gasteiger partial charge in [-0.2, -0.15) is 13.2 Å². The third-order valence-corrected chi connectivity index (χ3v) is 6.39. The van der Waals surface area contributed by atoms with Gasteiger partial charge in [0.25, 0.3) is 5.91 Å². The average Bonchev–Trinajstić information content (AvgIpc) is 3.32. The Hall–Kier alpha value is -3.46. The fourth-order valence-corrected chi connectivity index (χ4v) is 4.48. The number of carbonyl (C=O) groups is 2. The zero-order valence-corrected chi connectivity index (χ0v) is 17.6. The Kier molecular flexibility index (Phi) is 4.89. The summed E-state index contributed by atoms with van der Waals surface area (Å²) in [6, 6.07) is 9.21. The summed E-state index contributed by atoms with van der Waals surface area (Å²) in [4.78, 5) is 25.6. The third-order valence-electron chi connectivity index (χ3n) is 6.39. The van der Waals surface area contributed by atoms with Crippen LogP contribution >= 0.6 is 0 Å². The van der Waals surface area contributed by atoms with E-state index in [4.69, 9.17) is 9.26 Å². The second-order valence-corrected chi connectivity index (χ2v) is 8.55. The SMILES string of the molecule is Cc1conc1CC1(c2cccc(N3Cc4c(cc(C=O)cc4C(F)(F)F)C3=O)c2)COC1. The number of amides is 1. The van der Waals surface area contributed by atoms with Gasteiger partial charge in [0, 0.05) is 34.2 Å². The van der Waals surface area contributed by atoms with E-state index in [0.717, 1.165) is 22.9 Å². The van der Waals surface area contributed by atoms with Crippen LogP contribution in [0.4, 0.5) is 18.9 Å². The molecule has 0 N–H and O–H groups in total. The second kappa shape index (κ2) is 7.55. The predicted molar refractivity (Wildman–Crippen MR) is 111 cm³/mol. The van der Waals surface area contributed by atoms with E-state index >= 15 is 0 Å². The molecule has 170 valence electrons. The number of fused-ring (bicyclic) bond motifs is 1. The standard InChI is InChI=1S/C24H19F3N2O4/c1-14-11-33-28-21(14)8-23(12-32-13-23)16-3-2-4-17(7-16)29-9-19-18(22(29)31)5-15(10-30)6-20(19)24(25,26)27/h2-7,10-11H,8-9,12-13H2,1H3. The Labute approximate surface area is 186 Å². The van der Waals surface area contributed by atoms with Crippen LogP contribution in [0.3, 0.4) is 0 Å². The highest BCUT2D eigenvalue weighted by Gasteiger charge is 2.43. The highest BCUT2D eigenvalue weighted by molar-refractivity contribution is 6.11. The normalized spacial score (nSPS) is 17.1. The quantitative estimate of drug-likeness (QED) is 0.529. The Balaban J connectivity index is 1.51. The average molecular weight is 456 g/mol. The molecule has 1 aromatic heterocycles. The molecule has 0 radical (unpaired) electrons. The summed E-state index contributed by atoms with van der Waals surface area (Å²) in [7, 11) is 0. The van der Waals surface area contributed by atoms with Crippen molar-refractivity contribution in [2.45, 2.75) is 31.5 Å². The van der Waals surface area contributed by atoms with E-state index in [9.17, 15) is 22.8 Å². The number of benzene rings is 2. The lowest BCUT2D eigenvalue weighted by Gasteiger charge is -2.42. The molecule has 0 bridgehead atoms. The van der Waals surface area contributed by atoms with E-state index in [1.807, 2.05) is 19.1 Å². The van der Waals surface area contributed by atoms with Gasteiger partial charge in [0.15, 0.2) is 0 Å². The number of ether oxygens (including phenoxy) is 1. The molecular weight excluding hydrogens is 437 g/mol. The smallest absolute Gasteiger partial charge is 0.379 e. The van der Waals surface area contributed by atoms with E-state index in [2.05, 4.69) is 5.16 Å². The number of aldehydes is 1. The maximum absolute atomic E-state index is 13.6. The molecule has 0 aliphatic carbocycles. The van der Waals surface area contributed by atoms with Crippen molar-refractivity contribution in [2.24, 2.45) is 0 Å². The first kappa shape index (κ1) is 21.4. The Morgan fingerprint density at radius 1 is 1.21 bits per heavy atom. The molecule has 1 saturated heterocycles. The van der Waals surface area contributed by atoms with Crippen LogP contribution in [0.25, 0.3) is 0 Å². The minimum atomic E-state index is -4.68. The minimum absolute atomic E-state index is 0.0998. The van der Waals surface area contributed by atoms with Gasteiger partial charge in [-0.05, 0) is 42.3 Å².